The van der Waals surface area contributed by atoms with Crippen molar-refractivity contribution in [2.24, 2.45) is 0 Å². The average Bonchev–Trinajstić information content (AvgIpc) is 2.81. The highest BCUT2D eigenvalue weighted by Crippen LogP contribution is 2.38. The van der Waals surface area contributed by atoms with Crippen LogP contribution >= 0.6 is 23.2 Å². The van der Waals surface area contributed by atoms with Crippen molar-refractivity contribution in [3.63, 3.8) is 0 Å². The van der Waals surface area contributed by atoms with Gasteiger partial charge >= 0.3 is 5.97 Å². The number of amides is 1. The number of aryl methyl sites for hydroxylation is 2. The number of benzene rings is 2. The number of halogens is 2. The Bertz CT molecular complexity index is 941. The summed E-state index contributed by atoms with van der Waals surface area (Å²) in [5.74, 6) is 1.31. The van der Waals surface area contributed by atoms with Gasteiger partial charge in [0.25, 0.3) is 5.91 Å². The summed E-state index contributed by atoms with van der Waals surface area (Å²) in [6, 6.07) is 9.18. The molecule has 0 saturated heterocycles. The number of carbonyl (C=O) groups excluding carboxylic acids is 2. The predicted molar refractivity (Wildman–Crippen MR) is 125 cm³/mol. The van der Waals surface area contributed by atoms with Crippen molar-refractivity contribution in [1.29, 1.82) is 0 Å². The van der Waals surface area contributed by atoms with E-state index in [0.717, 1.165) is 11.1 Å². The van der Waals surface area contributed by atoms with Crippen LogP contribution in [0.15, 0.2) is 30.3 Å². The zero-order chi connectivity index (χ0) is 24.4. The van der Waals surface area contributed by atoms with Crippen molar-refractivity contribution < 1.29 is 33.3 Å². The molecule has 2 rings (SSSR count). The number of carbonyl (C=O) groups is 2. The molecule has 0 aliphatic carbocycles. The highest BCUT2D eigenvalue weighted by atomic mass is 35.5. The van der Waals surface area contributed by atoms with Gasteiger partial charge in [-0.1, -0.05) is 29.3 Å². The number of hydrogen-bond donors (Lipinski definition) is 1. The average molecular weight is 500 g/mol. The Morgan fingerprint density at radius 1 is 0.818 bits per heavy atom. The molecule has 33 heavy (non-hydrogen) atoms. The van der Waals surface area contributed by atoms with E-state index in [4.69, 9.17) is 46.9 Å². The molecule has 0 radical (unpaired) electrons. The Morgan fingerprint density at radius 3 is 1.94 bits per heavy atom. The summed E-state index contributed by atoms with van der Waals surface area (Å²) in [6.45, 7) is 0.0523. The van der Waals surface area contributed by atoms with Crippen LogP contribution in [-0.4, -0.2) is 51.7 Å². The molecule has 0 heterocycles. The summed E-state index contributed by atoms with van der Waals surface area (Å²) in [5.41, 5.74) is 1.93. The van der Waals surface area contributed by atoms with Gasteiger partial charge in [-0.15, -0.1) is 0 Å². The van der Waals surface area contributed by atoms with Gasteiger partial charge in [0.2, 0.25) is 5.75 Å². The van der Waals surface area contributed by atoms with Crippen molar-refractivity contribution in [2.75, 3.05) is 35.0 Å². The number of nitrogens with one attached hydrogen (secondary N) is 1. The number of esters is 1. The maximum absolute atomic E-state index is 12.2. The zero-order valence-electron chi connectivity index (χ0n) is 18.9. The van der Waals surface area contributed by atoms with Gasteiger partial charge in [0.1, 0.15) is 0 Å². The fourth-order valence-electron chi connectivity index (χ4n) is 3.06. The Hall–Kier alpha value is -2.84. The summed E-state index contributed by atoms with van der Waals surface area (Å²) in [7, 11) is 6.19. The third-order valence-corrected chi connectivity index (χ3v) is 5.10. The third kappa shape index (κ3) is 7.61. The lowest BCUT2D eigenvalue weighted by Gasteiger charge is -2.14. The molecule has 180 valence electrons. The normalized spacial score (nSPS) is 10.5. The molecule has 10 heteroatoms. The minimum Gasteiger partial charge on any atom is -0.493 e. The highest BCUT2D eigenvalue weighted by Gasteiger charge is 2.16. The van der Waals surface area contributed by atoms with Crippen LogP contribution in [0.5, 0.6) is 28.7 Å². The van der Waals surface area contributed by atoms with Gasteiger partial charge in [0.15, 0.2) is 27.8 Å². The number of ether oxygens (including phenoxy) is 5. The Kier molecular flexibility index (Phi) is 10.4. The van der Waals surface area contributed by atoms with E-state index in [1.165, 1.54) is 7.11 Å². The van der Waals surface area contributed by atoms with Crippen molar-refractivity contribution >= 4 is 35.1 Å². The van der Waals surface area contributed by atoms with E-state index in [1.54, 1.807) is 33.5 Å². The first-order chi connectivity index (χ1) is 15.8. The molecule has 0 aliphatic rings. The quantitative estimate of drug-likeness (QED) is 0.270. The summed E-state index contributed by atoms with van der Waals surface area (Å²) in [6.07, 6.45) is 1.29. The van der Waals surface area contributed by atoms with Gasteiger partial charge in [-0.25, -0.2) is 0 Å². The highest BCUT2D eigenvalue weighted by molar-refractivity contribution is 6.53. The van der Waals surface area contributed by atoms with E-state index < -0.39 is 16.7 Å². The Labute approximate surface area is 203 Å². The molecule has 0 unspecified atom stereocenters. The number of methoxy groups -OCH3 is 4. The smallest absolute Gasteiger partial charge is 0.313 e. The van der Waals surface area contributed by atoms with Crippen LogP contribution in [0, 0.1) is 0 Å². The predicted octanol–water partition coefficient (Wildman–Crippen LogP) is 3.72. The zero-order valence-corrected chi connectivity index (χ0v) is 20.4. The standard InChI is InChI=1S/C23H27Cl2NO7/c1-29-16-8-7-14(11-17(16)33-20(27)9-10-26-23(28)22(24)25)5-6-15-12-18(30-2)21(32-4)19(13-15)31-3/h7-8,11-13,22H,5-6,9-10H2,1-4H3,(H,26,28). The molecular formula is C23H27Cl2NO7. The van der Waals surface area contributed by atoms with Crippen LogP contribution in [0.4, 0.5) is 0 Å². The van der Waals surface area contributed by atoms with Crippen molar-refractivity contribution in [3.05, 3.63) is 41.5 Å². The molecule has 0 aromatic heterocycles. The van der Waals surface area contributed by atoms with Crippen molar-refractivity contribution in [1.82, 2.24) is 5.32 Å². The SMILES string of the molecule is COc1ccc(CCc2cc(OC)c(OC)c(OC)c2)cc1OC(=O)CCNC(=O)C(Cl)Cl. The molecule has 0 fully saturated rings. The van der Waals surface area contributed by atoms with Crippen LogP contribution in [0.3, 0.4) is 0 Å². The van der Waals surface area contributed by atoms with Gasteiger partial charge in [0.05, 0.1) is 34.9 Å². The largest absolute Gasteiger partial charge is 0.493 e. The number of rotatable bonds is 12. The molecule has 0 atom stereocenters. The van der Waals surface area contributed by atoms with E-state index in [0.29, 0.717) is 41.6 Å². The lowest BCUT2D eigenvalue weighted by atomic mass is 10.0. The van der Waals surface area contributed by atoms with Gasteiger partial charge in [0, 0.05) is 6.54 Å². The Morgan fingerprint density at radius 2 is 1.39 bits per heavy atom. The maximum Gasteiger partial charge on any atom is 0.313 e. The fourth-order valence-corrected chi connectivity index (χ4v) is 3.22. The van der Waals surface area contributed by atoms with Gasteiger partial charge < -0.3 is 29.0 Å². The number of hydrogen-bond acceptors (Lipinski definition) is 7. The van der Waals surface area contributed by atoms with E-state index in [2.05, 4.69) is 5.32 Å². The first kappa shape index (κ1) is 26.4. The molecule has 0 saturated carbocycles. The lowest BCUT2D eigenvalue weighted by Crippen LogP contribution is -2.31. The molecule has 8 nitrogen and oxygen atoms in total. The van der Waals surface area contributed by atoms with Gasteiger partial charge in [-0.3, -0.25) is 9.59 Å². The summed E-state index contributed by atoms with van der Waals surface area (Å²) in [4.78, 5) is 22.4. The molecule has 0 bridgehead atoms. The number of alkyl halides is 2. The first-order valence-electron chi connectivity index (χ1n) is 10.0. The second-order valence-corrected chi connectivity index (χ2v) is 7.93. The molecule has 2 aromatic carbocycles. The summed E-state index contributed by atoms with van der Waals surface area (Å²) >= 11 is 10.9. The third-order valence-electron chi connectivity index (χ3n) is 4.71. The molecule has 1 N–H and O–H groups in total. The Balaban J connectivity index is 2.07. The van der Waals surface area contributed by atoms with Crippen molar-refractivity contribution in [2.45, 2.75) is 24.1 Å². The summed E-state index contributed by atoms with van der Waals surface area (Å²) < 4.78 is 26.9. The van der Waals surface area contributed by atoms with E-state index in [-0.39, 0.29) is 13.0 Å². The van der Waals surface area contributed by atoms with E-state index >= 15 is 0 Å². The second-order valence-electron chi connectivity index (χ2n) is 6.83. The fraction of sp³-hybridized carbons (Fsp3) is 0.391. The molecule has 2 aromatic rings. The molecule has 0 spiro atoms. The van der Waals surface area contributed by atoms with Crippen LogP contribution < -0.4 is 29.0 Å². The topological polar surface area (TPSA) is 92.3 Å². The summed E-state index contributed by atoms with van der Waals surface area (Å²) in [5, 5.41) is 2.44. The first-order valence-corrected chi connectivity index (χ1v) is 10.9. The molecule has 0 aliphatic heterocycles. The van der Waals surface area contributed by atoms with Crippen LogP contribution in [0.1, 0.15) is 17.5 Å². The van der Waals surface area contributed by atoms with Crippen LogP contribution in [0.2, 0.25) is 0 Å². The monoisotopic (exact) mass is 499 g/mol. The molecule has 1 amide bonds. The van der Waals surface area contributed by atoms with Crippen LogP contribution in [0.25, 0.3) is 0 Å². The lowest BCUT2D eigenvalue weighted by molar-refractivity contribution is -0.134. The molecular weight excluding hydrogens is 473 g/mol. The maximum atomic E-state index is 12.2. The van der Waals surface area contributed by atoms with Gasteiger partial charge in [-0.2, -0.15) is 0 Å². The minimum absolute atomic E-state index is 0.0505. The van der Waals surface area contributed by atoms with E-state index in [9.17, 15) is 9.59 Å². The van der Waals surface area contributed by atoms with Gasteiger partial charge in [-0.05, 0) is 48.2 Å². The van der Waals surface area contributed by atoms with E-state index in [1.807, 2.05) is 18.2 Å². The second kappa shape index (κ2) is 13.0. The minimum atomic E-state index is -1.19. The van der Waals surface area contributed by atoms with Crippen LogP contribution in [-0.2, 0) is 22.4 Å². The van der Waals surface area contributed by atoms with Crippen molar-refractivity contribution in [3.8, 4) is 28.7 Å².